The fraction of sp³-hybridized carbons (Fsp3) is 0.364. The molecule has 0 N–H and O–H groups in total. The summed E-state index contributed by atoms with van der Waals surface area (Å²) < 4.78 is 48.4. The van der Waals surface area contributed by atoms with Crippen LogP contribution in [0.4, 0.5) is 13.2 Å². The van der Waals surface area contributed by atoms with Gasteiger partial charge in [-0.15, -0.1) is 0 Å². The number of alkyl halides is 3. The summed E-state index contributed by atoms with van der Waals surface area (Å²) in [6, 6.07) is 3.72. The van der Waals surface area contributed by atoms with E-state index in [1.807, 2.05) is 0 Å². The molecule has 1 aromatic rings. The summed E-state index contributed by atoms with van der Waals surface area (Å²) in [6.07, 6.45) is -4.04. The average molecular weight is 243 g/mol. The topological polar surface area (TPSA) is 42.2 Å². The zero-order valence-corrected chi connectivity index (χ0v) is 8.67. The van der Waals surface area contributed by atoms with Gasteiger partial charge in [-0.25, -0.2) is 0 Å². The van der Waals surface area contributed by atoms with Crippen LogP contribution in [-0.2, 0) is 6.18 Å². The minimum atomic E-state index is -4.52. The molecule has 1 aliphatic heterocycles. The summed E-state index contributed by atoms with van der Waals surface area (Å²) in [7, 11) is 0. The maximum Gasteiger partial charge on any atom is 0.420 e. The van der Waals surface area contributed by atoms with Gasteiger partial charge in [-0.2, -0.15) is 18.4 Å². The normalized spacial score (nSPS) is 14.9. The molecule has 1 heterocycles. The van der Waals surface area contributed by atoms with Crippen molar-refractivity contribution in [1.82, 2.24) is 0 Å². The summed E-state index contributed by atoms with van der Waals surface area (Å²) in [4.78, 5) is 0. The van der Waals surface area contributed by atoms with Gasteiger partial charge >= 0.3 is 6.18 Å². The minimum Gasteiger partial charge on any atom is -0.489 e. The SMILES string of the molecule is N#Cc1ccc(C(F)(F)F)c2c1OCCCO2. The quantitative estimate of drug-likeness (QED) is 0.703. The standard InChI is InChI=1S/C11H8F3NO2/c12-11(13,14)8-3-2-7(6-15)9-10(8)17-5-1-4-16-9/h2-3H,1,4-5H2. The van der Waals surface area contributed by atoms with E-state index in [9.17, 15) is 13.2 Å². The van der Waals surface area contributed by atoms with Crippen molar-refractivity contribution in [2.45, 2.75) is 12.6 Å². The number of benzene rings is 1. The number of nitriles is 1. The van der Waals surface area contributed by atoms with Crippen molar-refractivity contribution in [3.63, 3.8) is 0 Å². The van der Waals surface area contributed by atoms with Crippen LogP contribution in [0, 0.1) is 11.3 Å². The molecule has 1 aliphatic rings. The van der Waals surface area contributed by atoms with E-state index in [-0.39, 0.29) is 30.3 Å². The molecule has 0 aliphatic carbocycles. The Labute approximate surface area is 95.4 Å². The molecular formula is C11H8F3NO2. The summed E-state index contributed by atoms with van der Waals surface area (Å²) >= 11 is 0. The lowest BCUT2D eigenvalue weighted by Gasteiger charge is -2.15. The number of ether oxygens (including phenoxy) is 2. The van der Waals surface area contributed by atoms with Crippen molar-refractivity contribution >= 4 is 0 Å². The Morgan fingerprint density at radius 2 is 1.76 bits per heavy atom. The second-order valence-electron chi connectivity index (χ2n) is 3.48. The zero-order valence-electron chi connectivity index (χ0n) is 8.67. The molecule has 0 amide bonds. The fourth-order valence-corrected chi connectivity index (χ4v) is 1.57. The summed E-state index contributed by atoms with van der Waals surface area (Å²) in [5.41, 5.74) is -0.858. The zero-order chi connectivity index (χ0) is 12.5. The third-order valence-corrected chi connectivity index (χ3v) is 2.32. The van der Waals surface area contributed by atoms with Gasteiger partial charge in [0.25, 0.3) is 0 Å². The van der Waals surface area contributed by atoms with Crippen LogP contribution in [0.5, 0.6) is 11.5 Å². The molecule has 0 fully saturated rings. The summed E-state index contributed by atoms with van der Waals surface area (Å²) in [5.74, 6) is -0.492. The predicted octanol–water partition coefficient (Wildman–Crippen LogP) is 2.74. The molecule has 0 spiro atoms. The second-order valence-corrected chi connectivity index (χ2v) is 3.48. The molecule has 0 saturated heterocycles. The Morgan fingerprint density at radius 1 is 1.12 bits per heavy atom. The maximum absolute atomic E-state index is 12.7. The van der Waals surface area contributed by atoms with Gasteiger partial charge in [0.15, 0.2) is 11.5 Å². The predicted molar refractivity (Wildman–Crippen MR) is 51.8 cm³/mol. The van der Waals surface area contributed by atoms with E-state index in [0.29, 0.717) is 6.42 Å². The van der Waals surface area contributed by atoms with Gasteiger partial charge in [0.05, 0.1) is 18.8 Å². The molecule has 3 nitrogen and oxygen atoms in total. The number of rotatable bonds is 0. The maximum atomic E-state index is 12.7. The highest BCUT2D eigenvalue weighted by atomic mass is 19.4. The number of nitrogens with zero attached hydrogens (tertiary/aromatic N) is 1. The van der Waals surface area contributed by atoms with Gasteiger partial charge in [-0.1, -0.05) is 0 Å². The molecule has 2 rings (SSSR count). The first kappa shape index (κ1) is 11.6. The molecule has 0 atom stereocenters. The first-order chi connectivity index (χ1) is 8.04. The van der Waals surface area contributed by atoms with Gasteiger partial charge in [0.2, 0.25) is 0 Å². The number of halogens is 3. The van der Waals surface area contributed by atoms with Crippen LogP contribution >= 0.6 is 0 Å². The number of fused-ring (bicyclic) bond motifs is 1. The fourth-order valence-electron chi connectivity index (χ4n) is 1.57. The molecule has 0 aromatic heterocycles. The monoisotopic (exact) mass is 243 g/mol. The first-order valence-corrected chi connectivity index (χ1v) is 4.94. The largest absolute Gasteiger partial charge is 0.489 e. The Balaban J connectivity index is 2.62. The molecule has 1 aromatic carbocycles. The first-order valence-electron chi connectivity index (χ1n) is 4.94. The molecule has 6 heteroatoms. The minimum absolute atomic E-state index is 0.0508. The molecule has 90 valence electrons. The Hall–Kier alpha value is -1.90. The van der Waals surface area contributed by atoms with Crippen molar-refractivity contribution < 1.29 is 22.6 Å². The summed E-state index contributed by atoms with van der Waals surface area (Å²) in [6.45, 7) is 0.383. The van der Waals surface area contributed by atoms with E-state index in [2.05, 4.69) is 0 Å². The van der Waals surface area contributed by atoms with Gasteiger partial charge < -0.3 is 9.47 Å². The molecular weight excluding hydrogens is 235 g/mol. The third kappa shape index (κ3) is 2.13. The van der Waals surface area contributed by atoms with Crippen molar-refractivity contribution in [2.75, 3.05) is 13.2 Å². The summed E-state index contributed by atoms with van der Waals surface area (Å²) in [5, 5.41) is 8.81. The van der Waals surface area contributed by atoms with Crippen molar-refractivity contribution in [2.24, 2.45) is 0 Å². The lowest BCUT2D eigenvalue weighted by atomic mass is 10.1. The van der Waals surface area contributed by atoms with Crippen LogP contribution in [0.3, 0.4) is 0 Å². The highest BCUT2D eigenvalue weighted by Gasteiger charge is 2.37. The Kier molecular flexibility index (Phi) is 2.84. The van der Waals surface area contributed by atoms with Gasteiger partial charge in [-0.05, 0) is 12.1 Å². The molecule has 0 radical (unpaired) electrons. The van der Waals surface area contributed by atoms with E-state index in [0.717, 1.165) is 12.1 Å². The van der Waals surface area contributed by atoms with Crippen LogP contribution in [0.15, 0.2) is 12.1 Å². The van der Waals surface area contributed by atoms with Crippen LogP contribution in [0.2, 0.25) is 0 Å². The molecule has 17 heavy (non-hydrogen) atoms. The number of hydrogen-bond acceptors (Lipinski definition) is 3. The Bertz CT molecular complexity index is 477. The van der Waals surface area contributed by atoms with E-state index in [1.165, 1.54) is 0 Å². The van der Waals surface area contributed by atoms with Crippen LogP contribution < -0.4 is 9.47 Å². The van der Waals surface area contributed by atoms with Crippen LogP contribution in [0.1, 0.15) is 17.5 Å². The van der Waals surface area contributed by atoms with Gasteiger partial charge in [0, 0.05) is 6.42 Å². The molecule has 0 unspecified atom stereocenters. The van der Waals surface area contributed by atoms with E-state index < -0.39 is 11.7 Å². The second kappa shape index (κ2) is 4.17. The lowest BCUT2D eigenvalue weighted by molar-refractivity contribution is -0.139. The Morgan fingerprint density at radius 3 is 2.35 bits per heavy atom. The van der Waals surface area contributed by atoms with Gasteiger partial charge in [-0.3, -0.25) is 0 Å². The highest BCUT2D eigenvalue weighted by Crippen LogP contribution is 2.44. The van der Waals surface area contributed by atoms with Crippen LogP contribution in [-0.4, -0.2) is 13.2 Å². The van der Waals surface area contributed by atoms with Crippen molar-refractivity contribution in [3.05, 3.63) is 23.3 Å². The lowest BCUT2D eigenvalue weighted by Crippen LogP contribution is -2.09. The molecule has 0 saturated carbocycles. The van der Waals surface area contributed by atoms with Gasteiger partial charge in [0.1, 0.15) is 11.6 Å². The van der Waals surface area contributed by atoms with E-state index >= 15 is 0 Å². The number of hydrogen-bond donors (Lipinski definition) is 0. The average Bonchev–Trinajstić information content (AvgIpc) is 2.51. The van der Waals surface area contributed by atoms with E-state index in [4.69, 9.17) is 14.7 Å². The smallest absolute Gasteiger partial charge is 0.420 e. The molecule has 0 bridgehead atoms. The van der Waals surface area contributed by atoms with Crippen molar-refractivity contribution in [3.8, 4) is 17.6 Å². The van der Waals surface area contributed by atoms with Crippen molar-refractivity contribution in [1.29, 1.82) is 5.26 Å². The van der Waals surface area contributed by atoms with E-state index in [1.54, 1.807) is 6.07 Å². The third-order valence-electron chi connectivity index (χ3n) is 2.32. The van der Waals surface area contributed by atoms with Crippen LogP contribution in [0.25, 0.3) is 0 Å². The highest BCUT2D eigenvalue weighted by molar-refractivity contribution is 5.57.